The molecule has 0 saturated heterocycles. The molecule has 14 heavy (non-hydrogen) atoms. The van der Waals surface area contributed by atoms with Crippen LogP contribution in [0.4, 0.5) is 0 Å². The van der Waals surface area contributed by atoms with Crippen LogP contribution < -0.4 is 0 Å². The van der Waals surface area contributed by atoms with Gasteiger partial charge in [-0.3, -0.25) is 0 Å². The maximum atomic E-state index is 5.53. The Bertz CT molecular complexity index is 373. The number of fused-ring (bicyclic) bond motifs is 1. The van der Waals surface area contributed by atoms with E-state index in [4.69, 9.17) is 13.9 Å². The van der Waals surface area contributed by atoms with E-state index in [1.165, 1.54) is 0 Å². The second kappa shape index (κ2) is 4.26. The van der Waals surface area contributed by atoms with Crippen LogP contribution in [0.1, 0.15) is 5.76 Å². The Morgan fingerprint density at radius 3 is 2.93 bits per heavy atom. The summed E-state index contributed by atoms with van der Waals surface area (Å²) in [6.45, 7) is 0.736. The highest BCUT2D eigenvalue weighted by molar-refractivity contribution is 5.77. The molecule has 0 fully saturated rings. The normalized spacial score (nSPS) is 10.9. The molecule has 0 spiro atoms. The molecule has 0 amide bonds. The molecule has 0 aliphatic heterocycles. The molecular weight excluding hydrogens is 180 g/mol. The van der Waals surface area contributed by atoms with Crippen LogP contribution in [0, 0.1) is 0 Å². The zero-order valence-electron chi connectivity index (χ0n) is 8.03. The molecule has 3 nitrogen and oxygen atoms in total. The molecule has 0 radical (unpaired) electrons. The third kappa shape index (κ3) is 1.95. The monoisotopic (exact) mass is 192 g/mol. The second-order valence-corrected chi connectivity index (χ2v) is 3.01. The molecule has 1 aromatic heterocycles. The summed E-state index contributed by atoms with van der Waals surface area (Å²) in [7, 11) is 1.60. The lowest BCUT2D eigenvalue weighted by atomic mass is 10.2. The number of hydrogen-bond acceptors (Lipinski definition) is 3. The number of ether oxygens (including phenoxy) is 2. The molecule has 74 valence electrons. The maximum absolute atomic E-state index is 5.53. The second-order valence-electron chi connectivity index (χ2n) is 3.01. The maximum Gasteiger partial charge on any atom is 0.146 e. The first-order valence-corrected chi connectivity index (χ1v) is 4.44. The Morgan fingerprint density at radius 2 is 2.14 bits per heavy atom. The Kier molecular flexibility index (Phi) is 2.81. The largest absolute Gasteiger partial charge is 0.459 e. The summed E-state index contributed by atoms with van der Waals surface area (Å²) in [5.41, 5.74) is 0.892. The SMILES string of the molecule is COCOCc1cc2ccccc2o1. The van der Waals surface area contributed by atoms with Crippen molar-refractivity contribution in [3.63, 3.8) is 0 Å². The topological polar surface area (TPSA) is 31.6 Å². The van der Waals surface area contributed by atoms with Crippen LogP contribution in [-0.2, 0) is 16.1 Å². The zero-order valence-corrected chi connectivity index (χ0v) is 8.03. The first-order valence-electron chi connectivity index (χ1n) is 4.44. The molecule has 0 unspecified atom stereocenters. The van der Waals surface area contributed by atoms with Gasteiger partial charge in [-0.2, -0.15) is 0 Å². The van der Waals surface area contributed by atoms with Crippen molar-refractivity contribution in [3.8, 4) is 0 Å². The number of furan rings is 1. The van der Waals surface area contributed by atoms with Gasteiger partial charge in [-0.1, -0.05) is 18.2 Å². The van der Waals surface area contributed by atoms with E-state index < -0.39 is 0 Å². The predicted octanol–water partition coefficient (Wildman–Crippen LogP) is 2.55. The Balaban J connectivity index is 2.11. The van der Waals surface area contributed by atoms with Gasteiger partial charge in [0.1, 0.15) is 24.7 Å². The first kappa shape index (κ1) is 9.24. The van der Waals surface area contributed by atoms with Crippen LogP contribution in [0.5, 0.6) is 0 Å². The predicted molar refractivity (Wildman–Crippen MR) is 52.9 cm³/mol. The minimum atomic E-state index is 0.289. The molecule has 1 heterocycles. The fraction of sp³-hybridized carbons (Fsp3) is 0.273. The van der Waals surface area contributed by atoms with E-state index in [0.29, 0.717) is 6.61 Å². The van der Waals surface area contributed by atoms with E-state index >= 15 is 0 Å². The summed E-state index contributed by atoms with van der Waals surface area (Å²) in [4.78, 5) is 0. The number of para-hydroxylation sites is 1. The quantitative estimate of drug-likeness (QED) is 0.551. The number of methoxy groups -OCH3 is 1. The Hall–Kier alpha value is -1.32. The molecule has 0 bridgehead atoms. The van der Waals surface area contributed by atoms with Gasteiger partial charge in [-0.25, -0.2) is 0 Å². The van der Waals surface area contributed by atoms with Crippen molar-refractivity contribution in [1.82, 2.24) is 0 Å². The average Bonchev–Trinajstić information content (AvgIpc) is 2.60. The lowest BCUT2D eigenvalue weighted by molar-refractivity contribution is -0.0437. The van der Waals surface area contributed by atoms with Crippen molar-refractivity contribution < 1.29 is 13.9 Å². The van der Waals surface area contributed by atoms with Gasteiger partial charge < -0.3 is 13.9 Å². The van der Waals surface area contributed by atoms with Crippen LogP contribution in [0.25, 0.3) is 11.0 Å². The summed E-state index contributed by atoms with van der Waals surface area (Å²) in [6.07, 6.45) is 0. The standard InChI is InChI=1S/C11H12O3/c1-12-8-13-7-10-6-9-4-2-3-5-11(9)14-10/h2-6H,7-8H2,1H3. The third-order valence-corrected chi connectivity index (χ3v) is 1.92. The van der Waals surface area contributed by atoms with Gasteiger partial charge in [0.15, 0.2) is 0 Å². The Labute approximate surface area is 82.2 Å². The van der Waals surface area contributed by atoms with Crippen molar-refractivity contribution in [3.05, 3.63) is 36.1 Å². The summed E-state index contributed by atoms with van der Waals surface area (Å²) in [5.74, 6) is 0.822. The van der Waals surface area contributed by atoms with Crippen LogP contribution in [0.15, 0.2) is 34.7 Å². The lowest BCUT2D eigenvalue weighted by Crippen LogP contribution is -1.95. The molecule has 1 aromatic carbocycles. The smallest absolute Gasteiger partial charge is 0.146 e. The van der Waals surface area contributed by atoms with Gasteiger partial charge in [0.25, 0.3) is 0 Å². The Morgan fingerprint density at radius 1 is 1.29 bits per heavy atom. The summed E-state index contributed by atoms with van der Waals surface area (Å²) in [6, 6.07) is 9.86. The highest BCUT2D eigenvalue weighted by Crippen LogP contribution is 2.19. The molecule has 0 N–H and O–H groups in total. The highest BCUT2D eigenvalue weighted by atomic mass is 16.7. The minimum Gasteiger partial charge on any atom is -0.459 e. The molecular formula is C11H12O3. The van der Waals surface area contributed by atoms with Gasteiger partial charge in [0.2, 0.25) is 0 Å². The molecule has 2 rings (SSSR count). The van der Waals surface area contributed by atoms with E-state index in [-0.39, 0.29) is 6.79 Å². The van der Waals surface area contributed by atoms with E-state index in [9.17, 15) is 0 Å². The molecule has 0 atom stereocenters. The van der Waals surface area contributed by atoms with Crippen molar-refractivity contribution in [1.29, 1.82) is 0 Å². The van der Waals surface area contributed by atoms with Gasteiger partial charge in [0.05, 0.1) is 0 Å². The van der Waals surface area contributed by atoms with Gasteiger partial charge in [-0.05, 0) is 12.1 Å². The molecule has 0 aliphatic carbocycles. The van der Waals surface area contributed by atoms with Crippen LogP contribution in [0.2, 0.25) is 0 Å². The highest BCUT2D eigenvalue weighted by Gasteiger charge is 2.01. The van der Waals surface area contributed by atoms with Crippen molar-refractivity contribution in [2.45, 2.75) is 6.61 Å². The summed E-state index contributed by atoms with van der Waals surface area (Å²) >= 11 is 0. The van der Waals surface area contributed by atoms with Crippen LogP contribution in [0.3, 0.4) is 0 Å². The molecule has 3 heteroatoms. The average molecular weight is 192 g/mol. The molecule has 0 saturated carbocycles. The number of benzene rings is 1. The van der Waals surface area contributed by atoms with E-state index in [1.54, 1.807) is 7.11 Å². The molecule has 2 aromatic rings. The number of hydrogen-bond donors (Lipinski definition) is 0. The zero-order chi connectivity index (χ0) is 9.80. The van der Waals surface area contributed by atoms with Crippen molar-refractivity contribution in [2.24, 2.45) is 0 Å². The fourth-order valence-electron chi connectivity index (χ4n) is 1.33. The minimum absolute atomic E-state index is 0.289. The van der Waals surface area contributed by atoms with Crippen LogP contribution >= 0.6 is 0 Å². The van der Waals surface area contributed by atoms with Crippen molar-refractivity contribution in [2.75, 3.05) is 13.9 Å². The summed E-state index contributed by atoms with van der Waals surface area (Å²) < 4.78 is 15.5. The summed E-state index contributed by atoms with van der Waals surface area (Å²) in [5, 5.41) is 1.10. The number of rotatable bonds is 4. The lowest BCUT2D eigenvalue weighted by Gasteiger charge is -1.97. The van der Waals surface area contributed by atoms with Gasteiger partial charge in [-0.15, -0.1) is 0 Å². The van der Waals surface area contributed by atoms with E-state index in [1.807, 2.05) is 30.3 Å². The van der Waals surface area contributed by atoms with Gasteiger partial charge in [0, 0.05) is 12.5 Å². The van der Waals surface area contributed by atoms with Crippen molar-refractivity contribution >= 4 is 11.0 Å². The van der Waals surface area contributed by atoms with Crippen LogP contribution in [-0.4, -0.2) is 13.9 Å². The van der Waals surface area contributed by atoms with Gasteiger partial charge >= 0.3 is 0 Å². The first-order chi connectivity index (χ1) is 6.90. The third-order valence-electron chi connectivity index (χ3n) is 1.92. The fourth-order valence-corrected chi connectivity index (χ4v) is 1.33. The molecule has 0 aliphatic rings. The van der Waals surface area contributed by atoms with E-state index in [2.05, 4.69) is 0 Å². The van der Waals surface area contributed by atoms with E-state index in [0.717, 1.165) is 16.7 Å².